The van der Waals surface area contributed by atoms with E-state index in [1.165, 1.54) is 18.2 Å². The van der Waals surface area contributed by atoms with Gasteiger partial charge in [-0.3, -0.25) is 5.84 Å². The summed E-state index contributed by atoms with van der Waals surface area (Å²) in [6.07, 6.45) is 0. The molecule has 2 rings (SSSR count). The molecule has 19 heavy (non-hydrogen) atoms. The number of nitrogens with one attached hydrogen (secondary N) is 1. The Bertz CT molecular complexity index is 602. The van der Waals surface area contributed by atoms with Crippen molar-refractivity contribution >= 4 is 23.2 Å². The molecule has 0 aliphatic rings. The lowest BCUT2D eigenvalue weighted by Gasteiger charge is -2.19. The zero-order valence-corrected chi connectivity index (χ0v) is 11.8. The largest absolute Gasteiger partial charge is 0.271 e. The zero-order valence-electron chi connectivity index (χ0n) is 10.3. The second-order valence-electron chi connectivity index (χ2n) is 4.29. The van der Waals surface area contributed by atoms with Crippen molar-refractivity contribution in [3.05, 3.63) is 69.0 Å². The highest BCUT2D eigenvalue weighted by atomic mass is 35.5. The first-order valence-electron chi connectivity index (χ1n) is 5.70. The molecule has 0 aromatic heterocycles. The summed E-state index contributed by atoms with van der Waals surface area (Å²) in [7, 11) is 0. The summed E-state index contributed by atoms with van der Waals surface area (Å²) >= 11 is 12.3. The van der Waals surface area contributed by atoms with E-state index >= 15 is 0 Å². The average molecular weight is 299 g/mol. The minimum absolute atomic E-state index is 0.372. The maximum absolute atomic E-state index is 13.4. The first-order valence-corrected chi connectivity index (χ1v) is 6.45. The van der Waals surface area contributed by atoms with Crippen molar-refractivity contribution in [3.8, 4) is 0 Å². The molecular weight excluding hydrogens is 286 g/mol. The van der Waals surface area contributed by atoms with Gasteiger partial charge in [0.1, 0.15) is 5.82 Å². The van der Waals surface area contributed by atoms with Crippen LogP contribution < -0.4 is 11.3 Å². The molecule has 2 nitrogen and oxygen atoms in total. The molecule has 0 radical (unpaired) electrons. The van der Waals surface area contributed by atoms with E-state index in [1.54, 1.807) is 0 Å². The molecular formula is C14H13Cl2FN2. The minimum atomic E-state index is -0.462. The summed E-state index contributed by atoms with van der Waals surface area (Å²) in [5.41, 5.74) is 4.97. The van der Waals surface area contributed by atoms with Crippen LogP contribution in [0, 0.1) is 12.7 Å². The van der Waals surface area contributed by atoms with Crippen molar-refractivity contribution in [2.75, 3.05) is 0 Å². The predicted molar refractivity (Wildman–Crippen MR) is 76.8 cm³/mol. The molecule has 2 aromatic carbocycles. The molecule has 0 aliphatic heterocycles. The SMILES string of the molecule is Cc1ccc(C(NN)c2cc(F)ccc2Cl)c(Cl)c1. The Kier molecular flexibility index (Phi) is 4.42. The number of aryl methyl sites for hydroxylation is 1. The smallest absolute Gasteiger partial charge is 0.123 e. The molecule has 1 unspecified atom stereocenters. The summed E-state index contributed by atoms with van der Waals surface area (Å²) in [5, 5.41) is 0.990. The van der Waals surface area contributed by atoms with Crippen molar-refractivity contribution in [1.82, 2.24) is 5.43 Å². The Labute approximate surface area is 121 Å². The molecule has 0 heterocycles. The number of hydrogen-bond acceptors (Lipinski definition) is 2. The van der Waals surface area contributed by atoms with E-state index in [0.717, 1.165) is 11.1 Å². The highest BCUT2D eigenvalue weighted by molar-refractivity contribution is 6.32. The summed E-state index contributed by atoms with van der Waals surface area (Å²) in [4.78, 5) is 0. The van der Waals surface area contributed by atoms with Gasteiger partial charge in [0.2, 0.25) is 0 Å². The molecule has 0 saturated heterocycles. The third kappa shape index (κ3) is 3.07. The molecule has 0 amide bonds. The molecule has 5 heteroatoms. The van der Waals surface area contributed by atoms with Crippen molar-refractivity contribution in [2.45, 2.75) is 13.0 Å². The lowest BCUT2D eigenvalue weighted by atomic mass is 9.98. The summed E-state index contributed by atoms with van der Waals surface area (Å²) < 4.78 is 13.4. The van der Waals surface area contributed by atoms with Crippen LogP contribution in [0.1, 0.15) is 22.7 Å². The van der Waals surface area contributed by atoms with E-state index in [9.17, 15) is 4.39 Å². The van der Waals surface area contributed by atoms with Gasteiger partial charge < -0.3 is 0 Å². The van der Waals surface area contributed by atoms with Crippen LogP contribution in [0.15, 0.2) is 36.4 Å². The van der Waals surface area contributed by atoms with E-state index in [0.29, 0.717) is 15.6 Å². The topological polar surface area (TPSA) is 38.0 Å². The lowest BCUT2D eigenvalue weighted by Crippen LogP contribution is -2.29. The van der Waals surface area contributed by atoms with Gasteiger partial charge in [-0.05, 0) is 47.9 Å². The fraction of sp³-hybridized carbons (Fsp3) is 0.143. The van der Waals surface area contributed by atoms with Gasteiger partial charge in [-0.25, -0.2) is 9.82 Å². The van der Waals surface area contributed by atoms with Crippen molar-refractivity contribution < 1.29 is 4.39 Å². The molecule has 2 aromatic rings. The van der Waals surface area contributed by atoms with Gasteiger partial charge in [-0.1, -0.05) is 35.3 Å². The Morgan fingerprint density at radius 2 is 1.79 bits per heavy atom. The molecule has 100 valence electrons. The highest BCUT2D eigenvalue weighted by Crippen LogP contribution is 2.32. The number of nitrogens with two attached hydrogens (primary N) is 1. The van der Waals surface area contributed by atoms with Crippen LogP contribution in [0.5, 0.6) is 0 Å². The monoisotopic (exact) mass is 298 g/mol. The van der Waals surface area contributed by atoms with Crippen molar-refractivity contribution in [1.29, 1.82) is 0 Å². The van der Waals surface area contributed by atoms with E-state index in [4.69, 9.17) is 29.0 Å². The van der Waals surface area contributed by atoms with Crippen LogP contribution in [0.4, 0.5) is 4.39 Å². The summed E-state index contributed by atoms with van der Waals surface area (Å²) in [5.74, 6) is 5.20. The normalized spacial score (nSPS) is 12.5. The van der Waals surface area contributed by atoms with Crippen LogP contribution in [-0.4, -0.2) is 0 Å². The number of halogens is 3. The molecule has 0 saturated carbocycles. The van der Waals surface area contributed by atoms with Gasteiger partial charge in [0.15, 0.2) is 0 Å². The first-order chi connectivity index (χ1) is 9.02. The Morgan fingerprint density at radius 1 is 1.05 bits per heavy atom. The second-order valence-corrected chi connectivity index (χ2v) is 5.10. The standard InChI is InChI=1S/C14H13Cl2FN2/c1-8-2-4-10(13(16)6-8)14(19-18)11-7-9(17)3-5-12(11)15/h2-7,14,19H,18H2,1H3. The Morgan fingerprint density at radius 3 is 2.42 bits per heavy atom. The predicted octanol–water partition coefficient (Wildman–Crippen LogP) is 3.99. The van der Waals surface area contributed by atoms with Crippen LogP contribution >= 0.6 is 23.2 Å². The van der Waals surface area contributed by atoms with Gasteiger partial charge in [0.25, 0.3) is 0 Å². The molecule has 0 spiro atoms. The number of hydrogen-bond donors (Lipinski definition) is 2. The van der Waals surface area contributed by atoms with Gasteiger partial charge in [-0.15, -0.1) is 0 Å². The van der Waals surface area contributed by atoms with Crippen LogP contribution in [0.2, 0.25) is 10.0 Å². The third-order valence-electron chi connectivity index (χ3n) is 2.90. The molecule has 1 atom stereocenters. The van der Waals surface area contributed by atoms with Gasteiger partial charge in [0.05, 0.1) is 6.04 Å². The zero-order chi connectivity index (χ0) is 14.0. The molecule has 0 aliphatic carbocycles. The molecule has 0 bridgehead atoms. The quantitative estimate of drug-likeness (QED) is 0.664. The fourth-order valence-corrected chi connectivity index (χ4v) is 2.52. The molecule has 3 N–H and O–H groups in total. The Hall–Kier alpha value is -1.13. The van der Waals surface area contributed by atoms with Gasteiger partial charge >= 0.3 is 0 Å². The Balaban J connectivity index is 2.52. The third-order valence-corrected chi connectivity index (χ3v) is 3.57. The maximum Gasteiger partial charge on any atom is 0.123 e. The van der Waals surface area contributed by atoms with Crippen LogP contribution in [0.3, 0.4) is 0 Å². The van der Waals surface area contributed by atoms with Crippen molar-refractivity contribution in [3.63, 3.8) is 0 Å². The van der Waals surface area contributed by atoms with Crippen LogP contribution in [-0.2, 0) is 0 Å². The highest BCUT2D eigenvalue weighted by Gasteiger charge is 2.19. The first kappa shape index (κ1) is 14.3. The number of rotatable bonds is 3. The number of benzene rings is 2. The van der Waals surface area contributed by atoms with Crippen molar-refractivity contribution in [2.24, 2.45) is 5.84 Å². The second kappa shape index (κ2) is 5.88. The summed E-state index contributed by atoms with van der Waals surface area (Å²) in [6, 6.07) is 9.28. The number of hydrazine groups is 1. The average Bonchev–Trinajstić information content (AvgIpc) is 2.36. The van der Waals surface area contributed by atoms with E-state index in [1.807, 2.05) is 25.1 Å². The van der Waals surface area contributed by atoms with E-state index in [-0.39, 0.29) is 5.82 Å². The van der Waals surface area contributed by atoms with E-state index < -0.39 is 6.04 Å². The van der Waals surface area contributed by atoms with E-state index in [2.05, 4.69) is 5.43 Å². The minimum Gasteiger partial charge on any atom is -0.271 e. The summed E-state index contributed by atoms with van der Waals surface area (Å²) in [6.45, 7) is 1.94. The lowest BCUT2D eigenvalue weighted by molar-refractivity contribution is 0.605. The molecule has 0 fully saturated rings. The van der Waals surface area contributed by atoms with Gasteiger partial charge in [-0.2, -0.15) is 0 Å². The maximum atomic E-state index is 13.4. The van der Waals surface area contributed by atoms with Crippen LogP contribution in [0.25, 0.3) is 0 Å². The fourth-order valence-electron chi connectivity index (χ4n) is 1.95. The van der Waals surface area contributed by atoms with Gasteiger partial charge in [0, 0.05) is 10.0 Å².